The Morgan fingerprint density at radius 3 is 2.83 bits per heavy atom. The van der Waals surface area contributed by atoms with Crippen molar-refractivity contribution >= 4 is 32.8 Å². The zero-order chi connectivity index (χ0) is 21.5. The van der Waals surface area contributed by atoms with Crippen LogP contribution in [-0.4, -0.2) is 47.5 Å². The Labute approximate surface area is 181 Å². The first-order valence-electron chi connectivity index (χ1n) is 9.96. The molecule has 160 valence electrons. The Bertz CT molecular complexity index is 1180. The predicted molar refractivity (Wildman–Crippen MR) is 116 cm³/mol. The van der Waals surface area contributed by atoms with E-state index in [0.717, 1.165) is 23.4 Å². The lowest BCUT2D eigenvalue weighted by Crippen LogP contribution is -2.29. The van der Waals surface area contributed by atoms with Crippen molar-refractivity contribution in [3.05, 3.63) is 47.4 Å². The third-order valence-corrected chi connectivity index (χ3v) is 7.62. The molecule has 1 atom stereocenters. The molecule has 1 aliphatic heterocycles. The summed E-state index contributed by atoms with van der Waals surface area (Å²) in [7, 11) is -2.24. The van der Waals surface area contributed by atoms with Crippen LogP contribution in [0.3, 0.4) is 0 Å². The van der Waals surface area contributed by atoms with Crippen molar-refractivity contribution in [1.82, 2.24) is 18.8 Å². The van der Waals surface area contributed by atoms with E-state index in [0.29, 0.717) is 30.3 Å². The molecule has 1 aromatic carbocycles. The minimum absolute atomic E-state index is 0.108. The van der Waals surface area contributed by atoms with Crippen LogP contribution in [0.1, 0.15) is 32.1 Å². The van der Waals surface area contributed by atoms with Gasteiger partial charge < -0.3 is 9.30 Å². The van der Waals surface area contributed by atoms with E-state index in [1.54, 1.807) is 18.3 Å². The number of rotatable bonds is 6. The fourth-order valence-corrected chi connectivity index (χ4v) is 6.04. The maximum atomic E-state index is 13.2. The van der Waals surface area contributed by atoms with E-state index < -0.39 is 10.0 Å². The molecule has 0 unspecified atom stereocenters. The number of imidazole rings is 1. The average Bonchev–Trinajstić information content (AvgIpc) is 3.32. The summed E-state index contributed by atoms with van der Waals surface area (Å²) in [4.78, 5) is 9.37. The van der Waals surface area contributed by atoms with Gasteiger partial charge in [-0.25, -0.2) is 18.4 Å². The molecule has 0 bridgehead atoms. The van der Waals surface area contributed by atoms with Gasteiger partial charge in [-0.3, -0.25) is 0 Å². The lowest BCUT2D eigenvalue weighted by Gasteiger charge is -2.19. The summed E-state index contributed by atoms with van der Waals surface area (Å²) < 4.78 is 35.4. The molecule has 0 amide bonds. The SMILES string of the molecule is COc1ccc(Cl)cc1S(=O)(=O)N1CC[C@@H](Cc2nc3cccnc3n2C(C)C)C1. The molecule has 0 saturated carbocycles. The molecule has 0 radical (unpaired) electrons. The molecule has 0 aliphatic carbocycles. The smallest absolute Gasteiger partial charge is 0.246 e. The number of hydrogen-bond donors (Lipinski definition) is 0. The number of benzene rings is 1. The van der Waals surface area contributed by atoms with Crippen LogP contribution in [0.25, 0.3) is 11.2 Å². The van der Waals surface area contributed by atoms with Crippen molar-refractivity contribution in [3.8, 4) is 5.75 Å². The second kappa shape index (κ2) is 8.17. The summed E-state index contributed by atoms with van der Waals surface area (Å²) in [5, 5.41) is 0.364. The van der Waals surface area contributed by atoms with E-state index in [1.165, 1.54) is 17.5 Å². The third-order valence-electron chi connectivity index (χ3n) is 5.50. The number of aromatic nitrogens is 3. The van der Waals surface area contributed by atoms with E-state index in [1.807, 2.05) is 12.1 Å². The van der Waals surface area contributed by atoms with Gasteiger partial charge in [0.05, 0.1) is 7.11 Å². The van der Waals surface area contributed by atoms with Crippen molar-refractivity contribution in [3.63, 3.8) is 0 Å². The van der Waals surface area contributed by atoms with Gasteiger partial charge in [0.2, 0.25) is 10.0 Å². The second-order valence-corrected chi connectivity index (χ2v) is 10.2. The van der Waals surface area contributed by atoms with E-state index in [9.17, 15) is 8.42 Å². The van der Waals surface area contributed by atoms with Gasteiger partial charge >= 0.3 is 0 Å². The van der Waals surface area contributed by atoms with Crippen molar-refractivity contribution < 1.29 is 13.2 Å². The third kappa shape index (κ3) is 3.79. The van der Waals surface area contributed by atoms with Crippen LogP contribution >= 0.6 is 11.6 Å². The first-order valence-corrected chi connectivity index (χ1v) is 11.8. The van der Waals surface area contributed by atoms with Crippen LogP contribution in [0.5, 0.6) is 5.75 Å². The fourth-order valence-electron chi connectivity index (χ4n) is 4.09. The number of hydrogen-bond acceptors (Lipinski definition) is 5. The van der Waals surface area contributed by atoms with Crippen LogP contribution in [0.15, 0.2) is 41.4 Å². The van der Waals surface area contributed by atoms with Crippen molar-refractivity contribution in [1.29, 1.82) is 0 Å². The van der Waals surface area contributed by atoms with Gasteiger partial charge in [0, 0.05) is 36.8 Å². The summed E-state index contributed by atoms with van der Waals surface area (Å²) in [6.45, 7) is 5.11. The number of ether oxygens (including phenoxy) is 1. The zero-order valence-electron chi connectivity index (χ0n) is 17.2. The highest BCUT2D eigenvalue weighted by Crippen LogP contribution is 2.33. The Kier molecular flexibility index (Phi) is 5.74. The normalized spacial score (nSPS) is 17.8. The summed E-state index contributed by atoms with van der Waals surface area (Å²) in [6.07, 6.45) is 3.25. The molecule has 30 heavy (non-hydrogen) atoms. The Hall–Kier alpha value is -2.16. The van der Waals surface area contributed by atoms with Gasteiger partial charge in [-0.15, -0.1) is 0 Å². The minimum Gasteiger partial charge on any atom is -0.495 e. The fraction of sp³-hybridized carbons (Fsp3) is 0.429. The molecule has 0 N–H and O–H groups in total. The summed E-state index contributed by atoms with van der Waals surface area (Å²) in [5.74, 6) is 1.43. The number of methoxy groups -OCH3 is 1. The van der Waals surface area contributed by atoms with E-state index in [4.69, 9.17) is 21.3 Å². The predicted octanol–water partition coefficient (Wildman–Crippen LogP) is 3.93. The number of fused-ring (bicyclic) bond motifs is 1. The van der Waals surface area contributed by atoms with Gasteiger partial charge in [0.1, 0.15) is 22.0 Å². The first-order chi connectivity index (χ1) is 14.3. The van der Waals surface area contributed by atoms with E-state index in [-0.39, 0.29) is 16.9 Å². The maximum Gasteiger partial charge on any atom is 0.246 e. The molecule has 9 heteroatoms. The largest absolute Gasteiger partial charge is 0.495 e. The highest BCUT2D eigenvalue weighted by Gasteiger charge is 2.35. The summed E-state index contributed by atoms with van der Waals surface area (Å²) in [6, 6.07) is 8.72. The average molecular weight is 449 g/mol. The molecular formula is C21H25ClN4O3S. The van der Waals surface area contributed by atoms with Gasteiger partial charge in [-0.2, -0.15) is 4.31 Å². The van der Waals surface area contributed by atoms with Gasteiger partial charge in [0.25, 0.3) is 0 Å². The Morgan fingerprint density at radius 2 is 2.10 bits per heavy atom. The monoisotopic (exact) mass is 448 g/mol. The van der Waals surface area contributed by atoms with Crippen molar-refractivity contribution in [2.24, 2.45) is 5.92 Å². The molecule has 3 heterocycles. The highest BCUT2D eigenvalue weighted by molar-refractivity contribution is 7.89. The molecule has 4 rings (SSSR count). The van der Waals surface area contributed by atoms with Crippen LogP contribution in [0.4, 0.5) is 0 Å². The van der Waals surface area contributed by atoms with Gasteiger partial charge in [-0.05, 0) is 56.5 Å². The van der Waals surface area contributed by atoms with Crippen LogP contribution < -0.4 is 4.74 Å². The molecule has 1 saturated heterocycles. The van der Waals surface area contributed by atoms with Gasteiger partial charge in [-0.1, -0.05) is 11.6 Å². The van der Waals surface area contributed by atoms with Crippen LogP contribution in [0.2, 0.25) is 5.02 Å². The van der Waals surface area contributed by atoms with Crippen LogP contribution in [-0.2, 0) is 16.4 Å². The van der Waals surface area contributed by atoms with Crippen molar-refractivity contribution in [2.75, 3.05) is 20.2 Å². The van der Waals surface area contributed by atoms with Crippen molar-refractivity contribution in [2.45, 2.75) is 37.6 Å². The number of pyridine rings is 1. The zero-order valence-corrected chi connectivity index (χ0v) is 18.8. The lowest BCUT2D eigenvalue weighted by atomic mass is 10.0. The summed E-state index contributed by atoms with van der Waals surface area (Å²) >= 11 is 6.05. The molecule has 2 aromatic heterocycles. The topological polar surface area (TPSA) is 77.3 Å². The lowest BCUT2D eigenvalue weighted by molar-refractivity contribution is 0.397. The molecule has 1 fully saturated rings. The quantitative estimate of drug-likeness (QED) is 0.571. The molecule has 1 aliphatic rings. The maximum absolute atomic E-state index is 13.2. The van der Waals surface area contributed by atoms with Crippen LogP contribution in [0, 0.1) is 5.92 Å². The molecule has 7 nitrogen and oxygen atoms in total. The standard InChI is InChI=1S/C21H25ClN4O3S/c1-14(2)26-20(24-17-5-4-9-23-21(17)26)11-15-8-10-25(13-15)30(27,28)19-12-16(22)6-7-18(19)29-3/h4-7,9,12,14-15H,8,10-11,13H2,1-3H3/t15-/m0/s1. The Morgan fingerprint density at radius 1 is 1.30 bits per heavy atom. The van der Waals surface area contributed by atoms with Gasteiger partial charge in [0.15, 0.2) is 5.65 Å². The van der Waals surface area contributed by atoms with E-state index in [2.05, 4.69) is 23.4 Å². The summed E-state index contributed by atoms with van der Waals surface area (Å²) in [5.41, 5.74) is 1.74. The number of nitrogens with zero attached hydrogens (tertiary/aromatic N) is 4. The molecule has 0 spiro atoms. The molecular weight excluding hydrogens is 424 g/mol. The number of sulfonamides is 1. The minimum atomic E-state index is -3.70. The van der Waals surface area contributed by atoms with E-state index >= 15 is 0 Å². The highest BCUT2D eigenvalue weighted by atomic mass is 35.5. The first kappa shape index (κ1) is 21.1. The second-order valence-electron chi connectivity index (χ2n) is 7.85. The Balaban J connectivity index is 1.58. The number of halogens is 1. The molecule has 3 aromatic rings.